The Morgan fingerprint density at radius 2 is 0.909 bits per heavy atom. The molecule has 0 heterocycles. The Morgan fingerprint density at radius 3 is 1.12 bits per heavy atom. The molecular formula is C24H38O9. The van der Waals surface area contributed by atoms with Crippen molar-refractivity contribution in [1.29, 1.82) is 0 Å². The van der Waals surface area contributed by atoms with Gasteiger partial charge in [0.25, 0.3) is 0 Å². The number of aliphatic hydroxyl groups is 3. The van der Waals surface area contributed by atoms with Crippen LogP contribution in [0.2, 0.25) is 0 Å². The van der Waals surface area contributed by atoms with E-state index in [9.17, 15) is 14.4 Å². The van der Waals surface area contributed by atoms with Crippen molar-refractivity contribution in [2.75, 3.05) is 39.6 Å². The van der Waals surface area contributed by atoms with Crippen molar-refractivity contribution in [3.05, 3.63) is 36.5 Å². The van der Waals surface area contributed by atoms with Gasteiger partial charge in [-0.05, 0) is 44.9 Å². The third kappa shape index (κ3) is 12.4. The number of esters is 3. The SMILES string of the molecule is C=C(CCCO)C(=O)OCC(CC)(COC(=O)C(=C)CCCO)COC(=O)C(=C)CCCO. The first-order chi connectivity index (χ1) is 15.7. The highest BCUT2D eigenvalue weighted by molar-refractivity contribution is 5.88. The third-order valence-electron chi connectivity index (χ3n) is 5.05. The summed E-state index contributed by atoms with van der Waals surface area (Å²) in [6.07, 6.45) is 2.27. The van der Waals surface area contributed by atoms with Gasteiger partial charge >= 0.3 is 17.9 Å². The van der Waals surface area contributed by atoms with E-state index in [1.807, 2.05) is 0 Å². The summed E-state index contributed by atoms with van der Waals surface area (Å²) in [6, 6.07) is 0. The highest BCUT2D eigenvalue weighted by atomic mass is 16.6. The summed E-state index contributed by atoms with van der Waals surface area (Å²) in [5, 5.41) is 26.7. The molecule has 33 heavy (non-hydrogen) atoms. The standard InChI is InChI=1S/C24H38O9/c1-5-24(15-31-21(28)18(2)9-6-12-25,16-32-22(29)19(3)10-7-13-26)17-33-23(30)20(4)11-8-14-27/h25-27H,2-17H2,1H3. The molecule has 0 aliphatic heterocycles. The number of rotatable bonds is 19. The van der Waals surface area contributed by atoms with E-state index in [1.165, 1.54) is 0 Å². The zero-order valence-corrected chi connectivity index (χ0v) is 19.6. The highest BCUT2D eigenvalue weighted by Gasteiger charge is 2.35. The summed E-state index contributed by atoms with van der Waals surface area (Å²) in [7, 11) is 0. The highest BCUT2D eigenvalue weighted by Crippen LogP contribution is 2.26. The fourth-order valence-corrected chi connectivity index (χ4v) is 2.58. The molecule has 0 aromatic carbocycles. The van der Waals surface area contributed by atoms with Crippen molar-refractivity contribution in [3.63, 3.8) is 0 Å². The molecule has 0 unspecified atom stereocenters. The average molecular weight is 471 g/mol. The zero-order valence-electron chi connectivity index (χ0n) is 19.6. The lowest BCUT2D eigenvalue weighted by Gasteiger charge is -2.31. The van der Waals surface area contributed by atoms with Crippen LogP contribution in [-0.2, 0) is 28.6 Å². The Balaban J connectivity index is 5.26. The van der Waals surface area contributed by atoms with Crippen molar-refractivity contribution in [2.24, 2.45) is 5.41 Å². The predicted octanol–water partition coefficient (Wildman–Crippen LogP) is 2.00. The van der Waals surface area contributed by atoms with Gasteiger partial charge < -0.3 is 29.5 Å². The smallest absolute Gasteiger partial charge is 0.333 e. The van der Waals surface area contributed by atoms with Crippen molar-refractivity contribution >= 4 is 17.9 Å². The van der Waals surface area contributed by atoms with Crippen LogP contribution in [0.15, 0.2) is 36.5 Å². The van der Waals surface area contributed by atoms with Gasteiger partial charge in [0.1, 0.15) is 19.8 Å². The molecule has 0 aliphatic carbocycles. The summed E-state index contributed by atoms with van der Waals surface area (Å²) in [5.41, 5.74) is -0.444. The number of carbonyl (C=O) groups excluding carboxylic acids is 3. The fourth-order valence-electron chi connectivity index (χ4n) is 2.58. The van der Waals surface area contributed by atoms with Crippen LogP contribution in [0.4, 0.5) is 0 Å². The lowest BCUT2D eigenvalue weighted by atomic mass is 9.87. The van der Waals surface area contributed by atoms with E-state index in [4.69, 9.17) is 29.5 Å². The minimum absolute atomic E-state index is 0.0859. The molecule has 9 heteroatoms. The molecular weight excluding hydrogens is 432 g/mol. The molecule has 188 valence electrons. The summed E-state index contributed by atoms with van der Waals surface area (Å²) in [6.45, 7) is 11.9. The number of aliphatic hydroxyl groups excluding tert-OH is 3. The average Bonchev–Trinajstić information content (AvgIpc) is 2.83. The van der Waals surface area contributed by atoms with Gasteiger partial charge in [-0.15, -0.1) is 0 Å². The van der Waals surface area contributed by atoms with E-state index in [2.05, 4.69) is 19.7 Å². The lowest BCUT2D eigenvalue weighted by molar-refractivity contribution is -0.157. The van der Waals surface area contributed by atoms with Crippen LogP contribution >= 0.6 is 0 Å². The largest absolute Gasteiger partial charge is 0.461 e. The minimum Gasteiger partial charge on any atom is -0.461 e. The van der Waals surface area contributed by atoms with Gasteiger partial charge in [0.05, 0.1) is 5.41 Å². The van der Waals surface area contributed by atoms with Crippen LogP contribution in [0.3, 0.4) is 0 Å². The second-order valence-electron chi connectivity index (χ2n) is 7.87. The Bertz CT molecular complexity index is 593. The van der Waals surface area contributed by atoms with Crippen LogP contribution in [0.1, 0.15) is 51.9 Å². The molecule has 0 rings (SSSR count). The fraction of sp³-hybridized carbons (Fsp3) is 0.625. The van der Waals surface area contributed by atoms with Gasteiger partial charge in [0, 0.05) is 36.5 Å². The van der Waals surface area contributed by atoms with Gasteiger partial charge in [0.15, 0.2) is 0 Å². The van der Waals surface area contributed by atoms with Crippen LogP contribution < -0.4 is 0 Å². The quantitative estimate of drug-likeness (QED) is 0.147. The summed E-state index contributed by atoms with van der Waals surface area (Å²) < 4.78 is 16.1. The molecule has 9 nitrogen and oxygen atoms in total. The third-order valence-corrected chi connectivity index (χ3v) is 5.05. The lowest BCUT2D eigenvalue weighted by Crippen LogP contribution is -2.39. The van der Waals surface area contributed by atoms with Crippen molar-refractivity contribution in [1.82, 2.24) is 0 Å². The topological polar surface area (TPSA) is 140 Å². The maximum Gasteiger partial charge on any atom is 0.333 e. The van der Waals surface area contributed by atoms with Gasteiger partial charge in [-0.1, -0.05) is 26.7 Å². The van der Waals surface area contributed by atoms with E-state index in [0.717, 1.165) is 0 Å². The van der Waals surface area contributed by atoms with Crippen molar-refractivity contribution < 1.29 is 43.9 Å². The molecule has 0 saturated heterocycles. The molecule has 0 aliphatic rings. The zero-order chi connectivity index (χ0) is 25.3. The van der Waals surface area contributed by atoms with E-state index in [0.29, 0.717) is 25.7 Å². The molecule has 0 atom stereocenters. The Hall–Kier alpha value is -2.49. The maximum absolute atomic E-state index is 12.2. The van der Waals surface area contributed by atoms with E-state index < -0.39 is 23.3 Å². The normalized spacial score (nSPS) is 10.9. The van der Waals surface area contributed by atoms with Crippen LogP contribution in [0.25, 0.3) is 0 Å². The van der Waals surface area contributed by atoms with Crippen LogP contribution in [0.5, 0.6) is 0 Å². The van der Waals surface area contributed by atoms with E-state index >= 15 is 0 Å². The molecule has 0 bridgehead atoms. The van der Waals surface area contributed by atoms with Gasteiger partial charge in [-0.3, -0.25) is 0 Å². The number of hydrogen-bond donors (Lipinski definition) is 3. The first-order valence-corrected chi connectivity index (χ1v) is 11.0. The van der Waals surface area contributed by atoms with E-state index in [1.54, 1.807) is 6.92 Å². The maximum atomic E-state index is 12.2. The number of carbonyl (C=O) groups is 3. The van der Waals surface area contributed by atoms with Crippen molar-refractivity contribution in [2.45, 2.75) is 51.9 Å². The minimum atomic E-state index is -1.02. The summed E-state index contributed by atoms with van der Waals surface area (Å²) >= 11 is 0. The molecule has 0 aromatic heterocycles. The first kappa shape index (κ1) is 30.5. The molecule has 0 saturated carbocycles. The predicted molar refractivity (Wildman–Crippen MR) is 122 cm³/mol. The Kier molecular flexibility index (Phi) is 15.8. The Labute approximate surface area is 195 Å². The van der Waals surface area contributed by atoms with E-state index in [-0.39, 0.29) is 75.6 Å². The summed E-state index contributed by atoms with van der Waals surface area (Å²) in [5.74, 6) is -1.96. The second kappa shape index (κ2) is 17.0. The van der Waals surface area contributed by atoms with Gasteiger partial charge in [-0.25, -0.2) is 14.4 Å². The first-order valence-electron chi connectivity index (χ1n) is 11.0. The van der Waals surface area contributed by atoms with Gasteiger partial charge in [-0.2, -0.15) is 0 Å². The summed E-state index contributed by atoms with van der Waals surface area (Å²) in [4.78, 5) is 36.7. The molecule has 0 fully saturated rings. The molecule has 0 aromatic rings. The van der Waals surface area contributed by atoms with Crippen molar-refractivity contribution in [3.8, 4) is 0 Å². The van der Waals surface area contributed by atoms with Gasteiger partial charge in [0.2, 0.25) is 0 Å². The monoisotopic (exact) mass is 470 g/mol. The van der Waals surface area contributed by atoms with Crippen LogP contribution in [-0.4, -0.2) is 72.9 Å². The van der Waals surface area contributed by atoms with Crippen LogP contribution in [0, 0.1) is 5.41 Å². The molecule has 0 spiro atoms. The molecule has 0 radical (unpaired) electrons. The second-order valence-corrected chi connectivity index (χ2v) is 7.87. The Morgan fingerprint density at radius 1 is 0.636 bits per heavy atom. The molecule has 3 N–H and O–H groups in total. The number of hydrogen-bond acceptors (Lipinski definition) is 9. The molecule has 0 amide bonds. The number of ether oxygens (including phenoxy) is 3.